The fourth-order valence-electron chi connectivity index (χ4n) is 3.36. The van der Waals surface area contributed by atoms with E-state index in [1.807, 2.05) is 66.9 Å². The maximum absolute atomic E-state index is 13.4. The zero-order chi connectivity index (χ0) is 21.6. The van der Waals surface area contributed by atoms with Gasteiger partial charge >= 0.3 is 0 Å². The van der Waals surface area contributed by atoms with Crippen LogP contribution < -0.4 is 10.6 Å². The van der Waals surface area contributed by atoms with Crippen molar-refractivity contribution in [2.75, 3.05) is 10.6 Å². The fourth-order valence-corrected chi connectivity index (χ4v) is 4.10. The van der Waals surface area contributed by atoms with Crippen LogP contribution >= 0.6 is 11.3 Å². The molecule has 2 N–H and O–H groups in total. The Kier molecular flexibility index (Phi) is 6.38. The first-order valence-electron chi connectivity index (χ1n) is 10.1. The van der Waals surface area contributed by atoms with Gasteiger partial charge in [0.1, 0.15) is 5.82 Å². The molecule has 1 amide bonds. The summed E-state index contributed by atoms with van der Waals surface area (Å²) in [6.45, 7) is 2.01. The second-order valence-electron chi connectivity index (χ2n) is 7.11. The van der Waals surface area contributed by atoms with E-state index in [0.717, 1.165) is 28.9 Å². The summed E-state index contributed by atoms with van der Waals surface area (Å²) in [5.74, 6) is -0.496. The molecule has 1 aromatic heterocycles. The number of carbonyl (C=O) groups excluding carboxylic acids is 1. The van der Waals surface area contributed by atoms with Gasteiger partial charge in [0.15, 0.2) is 5.13 Å². The first-order valence-corrected chi connectivity index (χ1v) is 10.9. The lowest BCUT2D eigenvalue weighted by Gasteiger charge is -2.15. The van der Waals surface area contributed by atoms with Crippen LogP contribution in [-0.2, 0) is 4.79 Å². The minimum absolute atomic E-state index is 0.0170. The van der Waals surface area contributed by atoms with Gasteiger partial charge in [-0.15, -0.1) is 11.3 Å². The fraction of sp³-hybridized carbons (Fsp3) is 0.120. The standard InChI is InChI=1S/C25H22FN3OS/c1-2-22(17-7-4-3-5-8-17)24(30)27-20-13-11-18(12-14-20)23-16-31-25(29-23)28-21-10-6-9-19(26)15-21/h3-16,22H,2H2,1H3,(H,27,30)(H,28,29). The number of hydrogen-bond donors (Lipinski definition) is 2. The van der Waals surface area contributed by atoms with Gasteiger partial charge in [0.2, 0.25) is 5.91 Å². The molecule has 6 heteroatoms. The molecule has 3 aromatic carbocycles. The molecule has 156 valence electrons. The van der Waals surface area contributed by atoms with Crippen LogP contribution in [0.25, 0.3) is 11.3 Å². The minimum Gasteiger partial charge on any atom is -0.331 e. The molecule has 1 heterocycles. The van der Waals surface area contributed by atoms with E-state index in [9.17, 15) is 9.18 Å². The van der Waals surface area contributed by atoms with Crippen molar-refractivity contribution in [3.8, 4) is 11.3 Å². The molecule has 0 aliphatic rings. The van der Waals surface area contributed by atoms with Gasteiger partial charge < -0.3 is 10.6 Å². The van der Waals surface area contributed by atoms with E-state index in [1.54, 1.807) is 12.1 Å². The van der Waals surface area contributed by atoms with Crippen molar-refractivity contribution in [2.45, 2.75) is 19.3 Å². The molecule has 0 aliphatic carbocycles. The molecular formula is C25H22FN3OS. The van der Waals surface area contributed by atoms with Crippen LogP contribution in [-0.4, -0.2) is 10.9 Å². The Morgan fingerprint density at radius 1 is 1.00 bits per heavy atom. The largest absolute Gasteiger partial charge is 0.331 e. The highest BCUT2D eigenvalue weighted by atomic mass is 32.1. The first-order chi connectivity index (χ1) is 15.1. The maximum atomic E-state index is 13.4. The molecule has 1 unspecified atom stereocenters. The quantitative estimate of drug-likeness (QED) is 0.337. The number of halogens is 1. The number of carbonyl (C=O) groups is 1. The summed E-state index contributed by atoms with van der Waals surface area (Å²) in [6, 6.07) is 23.7. The number of amides is 1. The topological polar surface area (TPSA) is 54.0 Å². The third-order valence-electron chi connectivity index (χ3n) is 4.95. The lowest BCUT2D eigenvalue weighted by molar-refractivity contribution is -0.117. The van der Waals surface area contributed by atoms with Gasteiger partial charge in [-0.05, 0) is 42.3 Å². The van der Waals surface area contributed by atoms with E-state index < -0.39 is 0 Å². The molecule has 0 saturated carbocycles. The molecule has 4 nitrogen and oxygen atoms in total. The SMILES string of the molecule is CCC(C(=O)Nc1ccc(-c2csc(Nc3cccc(F)c3)n2)cc1)c1ccccc1. The second-order valence-corrected chi connectivity index (χ2v) is 7.97. The van der Waals surface area contributed by atoms with Crippen molar-refractivity contribution in [1.29, 1.82) is 0 Å². The van der Waals surface area contributed by atoms with Crippen LogP contribution in [0.2, 0.25) is 0 Å². The number of nitrogens with zero attached hydrogens (tertiary/aromatic N) is 1. The summed E-state index contributed by atoms with van der Waals surface area (Å²) in [5, 5.41) is 8.75. The highest BCUT2D eigenvalue weighted by Crippen LogP contribution is 2.28. The highest BCUT2D eigenvalue weighted by molar-refractivity contribution is 7.14. The van der Waals surface area contributed by atoms with E-state index in [2.05, 4.69) is 15.6 Å². The van der Waals surface area contributed by atoms with Crippen molar-refractivity contribution in [1.82, 2.24) is 4.98 Å². The molecule has 1 atom stereocenters. The van der Waals surface area contributed by atoms with Gasteiger partial charge in [0.05, 0.1) is 11.6 Å². The summed E-state index contributed by atoms with van der Waals surface area (Å²) >= 11 is 1.45. The van der Waals surface area contributed by atoms with Gasteiger partial charge in [-0.2, -0.15) is 0 Å². The van der Waals surface area contributed by atoms with E-state index in [0.29, 0.717) is 10.8 Å². The minimum atomic E-state index is -0.294. The van der Waals surface area contributed by atoms with E-state index >= 15 is 0 Å². The van der Waals surface area contributed by atoms with Crippen molar-refractivity contribution in [3.63, 3.8) is 0 Å². The van der Waals surface area contributed by atoms with Crippen LogP contribution in [0.3, 0.4) is 0 Å². The van der Waals surface area contributed by atoms with Gasteiger partial charge in [-0.3, -0.25) is 4.79 Å². The number of anilines is 3. The smallest absolute Gasteiger partial charge is 0.231 e. The number of rotatable bonds is 7. The summed E-state index contributed by atoms with van der Waals surface area (Å²) in [5.41, 5.74) is 4.17. The molecule has 4 rings (SSSR count). The van der Waals surface area contributed by atoms with Crippen molar-refractivity contribution < 1.29 is 9.18 Å². The van der Waals surface area contributed by atoms with E-state index in [1.165, 1.54) is 23.5 Å². The normalized spacial score (nSPS) is 11.7. The Balaban J connectivity index is 1.42. The Morgan fingerprint density at radius 3 is 2.48 bits per heavy atom. The second kappa shape index (κ2) is 9.53. The van der Waals surface area contributed by atoms with E-state index in [-0.39, 0.29) is 17.6 Å². The molecular weight excluding hydrogens is 409 g/mol. The number of hydrogen-bond acceptors (Lipinski definition) is 4. The van der Waals surface area contributed by atoms with Crippen LogP contribution in [0.15, 0.2) is 84.2 Å². The maximum Gasteiger partial charge on any atom is 0.231 e. The zero-order valence-corrected chi connectivity index (χ0v) is 17.8. The Morgan fingerprint density at radius 2 is 1.77 bits per heavy atom. The summed E-state index contributed by atoms with van der Waals surface area (Å²) in [7, 11) is 0. The van der Waals surface area contributed by atoms with Crippen LogP contribution in [0.5, 0.6) is 0 Å². The molecule has 4 aromatic rings. The van der Waals surface area contributed by atoms with Gasteiger partial charge in [-0.1, -0.05) is 55.5 Å². The van der Waals surface area contributed by atoms with Crippen molar-refractivity contribution in [2.24, 2.45) is 0 Å². The summed E-state index contributed by atoms with van der Waals surface area (Å²) in [4.78, 5) is 17.3. The van der Waals surface area contributed by atoms with Crippen LogP contribution in [0, 0.1) is 5.82 Å². The van der Waals surface area contributed by atoms with Gasteiger partial charge in [0, 0.05) is 22.3 Å². The Hall–Kier alpha value is -3.51. The molecule has 0 bridgehead atoms. The lowest BCUT2D eigenvalue weighted by Crippen LogP contribution is -2.20. The monoisotopic (exact) mass is 431 g/mol. The predicted octanol–water partition coefficient (Wildman–Crippen LogP) is 6.83. The highest BCUT2D eigenvalue weighted by Gasteiger charge is 2.18. The average molecular weight is 432 g/mol. The number of aromatic nitrogens is 1. The molecule has 31 heavy (non-hydrogen) atoms. The Labute approximate surface area is 184 Å². The zero-order valence-electron chi connectivity index (χ0n) is 17.0. The number of benzene rings is 3. The first kappa shape index (κ1) is 20.8. The van der Waals surface area contributed by atoms with E-state index in [4.69, 9.17) is 0 Å². The van der Waals surface area contributed by atoms with Gasteiger partial charge in [0.25, 0.3) is 0 Å². The Bertz CT molecular complexity index is 1160. The van der Waals surface area contributed by atoms with Crippen molar-refractivity contribution >= 4 is 33.8 Å². The molecule has 0 aliphatic heterocycles. The van der Waals surface area contributed by atoms with Crippen molar-refractivity contribution in [3.05, 3.63) is 95.6 Å². The molecule has 0 radical (unpaired) electrons. The summed E-state index contributed by atoms with van der Waals surface area (Å²) < 4.78 is 13.4. The number of thiazole rings is 1. The molecule has 0 fully saturated rings. The third kappa shape index (κ3) is 5.16. The number of nitrogens with one attached hydrogen (secondary N) is 2. The lowest BCUT2D eigenvalue weighted by atomic mass is 9.95. The van der Waals surface area contributed by atoms with Crippen LogP contribution in [0.4, 0.5) is 20.9 Å². The van der Waals surface area contributed by atoms with Gasteiger partial charge in [-0.25, -0.2) is 9.37 Å². The predicted molar refractivity (Wildman–Crippen MR) is 125 cm³/mol. The third-order valence-corrected chi connectivity index (χ3v) is 5.71. The molecule has 0 saturated heterocycles. The van der Waals surface area contributed by atoms with Crippen LogP contribution in [0.1, 0.15) is 24.8 Å². The molecule has 0 spiro atoms. The summed E-state index contributed by atoms with van der Waals surface area (Å²) in [6.07, 6.45) is 0.730. The average Bonchev–Trinajstić information content (AvgIpc) is 3.24.